The first-order chi connectivity index (χ1) is 7.95. The summed E-state index contributed by atoms with van der Waals surface area (Å²) < 4.78 is 0. The number of nitriles is 1. The van der Waals surface area contributed by atoms with E-state index in [2.05, 4.69) is 39.1 Å². The summed E-state index contributed by atoms with van der Waals surface area (Å²) in [6.45, 7) is 9.52. The lowest BCUT2D eigenvalue weighted by Gasteiger charge is -2.41. The van der Waals surface area contributed by atoms with Crippen molar-refractivity contribution < 1.29 is 0 Å². The molecule has 96 valence electrons. The molecule has 17 heavy (non-hydrogen) atoms. The molecule has 2 aliphatic rings. The van der Waals surface area contributed by atoms with Crippen LogP contribution in [-0.2, 0) is 0 Å². The van der Waals surface area contributed by atoms with Gasteiger partial charge in [-0.2, -0.15) is 5.26 Å². The smallest absolute Gasteiger partial charge is 0.0638 e. The third-order valence-electron chi connectivity index (χ3n) is 6.06. The van der Waals surface area contributed by atoms with Gasteiger partial charge in [0.05, 0.1) is 12.5 Å². The highest BCUT2D eigenvalue weighted by Crippen LogP contribution is 2.65. The largest absolute Gasteiger partial charge is 0.310 e. The molecule has 2 heteroatoms. The lowest BCUT2D eigenvalue weighted by atomic mass is 9.69. The second kappa shape index (κ2) is 4.28. The van der Waals surface area contributed by atoms with Gasteiger partial charge in [0.25, 0.3) is 0 Å². The number of hydrogen-bond donors (Lipinski definition) is 1. The van der Waals surface area contributed by atoms with Crippen molar-refractivity contribution in [1.29, 1.82) is 5.26 Å². The van der Waals surface area contributed by atoms with E-state index in [0.717, 1.165) is 12.3 Å². The van der Waals surface area contributed by atoms with Crippen molar-refractivity contribution in [3.63, 3.8) is 0 Å². The van der Waals surface area contributed by atoms with Crippen LogP contribution in [0.2, 0.25) is 0 Å². The molecule has 2 rings (SSSR count). The maximum atomic E-state index is 8.85. The van der Waals surface area contributed by atoms with Crippen LogP contribution in [0.4, 0.5) is 0 Å². The first kappa shape index (κ1) is 12.9. The highest BCUT2D eigenvalue weighted by molar-refractivity contribution is 5.13. The molecule has 0 spiro atoms. The van der Waals surface area contributed by atoms with Crippen LogP contribution in [0.15, 0.2) is 0 Å². The van der Waals surface area contributed by atoms with Crippen molar-refractivity contribution >= 4 is 0 Å². The van der Waals surface area contributed by atoms with Gasteiger partial charge in [-0.15, -0.1) is 0 Å². The zero-order valence-electron chi connectivity index (χ0n) is 11.7. The van der Waals surface area contributed by atoms with Gasteiger partial charge in [-0.25, -0.2) is 0 Å². The topological polar surface area (TPSA) is 35.8 Å². The van der Waals surface area contributed by atoms with E-state index in [4.69, 9.17) is 5.26 Å². The van der Waals surface area contributed by atoms with Crippen molar-refractivity contribution in [1.82, 2.24) is 5.32 Å². The fourth-order valence-electron chi connectivity index (χ4n) is 4.17. The number of nitrogens with zero attached hydrogens (tertiary/aromatic N) is 1. The van der Waals surface area contributed by atoms with Crippen LogP contribution in [-0.4, -0.2) is 12.1 Å². The van der Waals surface area contributed by atoms with Crippen molar-refractivity contribution in [2.24, 2.45) is 16.7 Å². The van der Waals surface area contributed by atoms with Gasteiger partial charge in [0.2, 0.25) is 0 Å². The third kappa shape index (κ3) is 1.80. The number of fused-ring (bicyclic) bond motifs is 2. The Morgan fingerprint density at radius 3 is 2.53 bits per heavy atom. The van der Waals surface area contributed by atoms with E-state index in [1.807, 2.05) is 0 Å². The first-order valence-corrected chi connectivity index (χ1v) is 7.08. The van der Waals surface area contributed by atoms with E-state index < -0.39 is 0 Å². The van der Waals surface area contributed by atoms with Crippen molar-refractivity contribution in [3.05, 3.63) is 0 Å². The molecule has 0 aliphatic heterocycles. The summed E-state index contributed by atoms with van der Waals surface area (Å²) in [6.07, 6.45) is 5.77. The lowest BCUT2D eigenvalue weighted by Crippen LogP contribution is -2.48. The van der Waals surface area contributed by atoms with Gasteiger partial charge in [-0.3, -0.25) is 0 Å². The standard InChI is InChI=1S/C15H26N2/c1-5-12(7-9-16)17-13-10-11-6-8-15(13,4)14(11,2)3/h11-13,17H,5-8,10H2,1-4H3. The quantitative estimate of drug-likeness (QED) is 0.808. The summed E-state index contributed by atoms with van der Waals surface area (Å²) in [4.78, 5) is 0. The van der Waals surface area contributed by atoms with Crippen molar-refractivity contribution in [2.45, 2.75) is 71.9 Å². The van der Waals surface area contributed by atoms with Crippen LogP contribution in [0.3, 0.4) is 0 Å². The molecule has 4 atom stereocenters. The molecule has 2 fully saturated rings. The Morgan fingerprint density at radius 2 is 2.12 bits per heavy atom. The minimum atomic E-state index is 0.386. The molecule has 4 unspecified atom stereocenters. The molecule has 0 aromatic heterocycles. The minimum Gasteiger partial charge on any atom is -0.310 e. The monoisotopic (exact) mass is 234 g/mol. The molecule has 0 radical (unpaired) electrons. The van der Waals surface area contributed by atoms with Gasteiger partial charge in [-0.05, 0) is 42.4 Å². The zero-order valence-corrected chi connectivity index (χ0v) is 11.7. The maximum absolute atomic E-state index is 8.85. The maximum Gasteiger partial charge on any atom is 0.0638 e. The summed E-state index contributed by atoms with van der Waals surface area (Å²) in [5, 5.41) is 12.6. The van der Waals surface area contributed by atoms with Crippen LogP contribution < -0.4 is 5.32 Å². The molecule has 2 bridgehead atoms. The molecule has 2 nitrogen and oxygen atoms in total. The Kier molecular flexibility index (Phi) is 3.25. The Hall–Kier alpha value is -0.550. The predicted molar refractivity (Wildman–Crippen MR) is 70.5 cm³/mol. The molecular formula is C15H26N2. The van der Waals surface area contributed by atoms with Crippen LogP contribution in [0, 0.1) is 28.1 Å². The fraction of sp³-hybridized carbons (Fsp3) is 0.933. The van der Waals surface area contributed by atoms with Gasteiger partial charge >= 0.3 is 0 Å². The van der Waals surface area contributed by atoms with Gasteiger partial charge in [0.15, 0.2) is 0 Å². The molecule has 0 aromatic carbocycles. The van der Waals surface area contributed by atoms with Crippen molar-refractivity contribution in [2.75, 3.05) is 0 Å². The highest BCUT2D eigenvalue weighted by atomic mass is 15.0. The van der Waals surface area contributed by atoms with E-state index in [-0.39, 0.29) is 0 Å². The number of rotatable bonds is 4. The Labute approximate surface area is 106 Å². The van der Waals surface area contributed by atoms with E-state index in [1.54, 1.807) is 0 Å². The Morgan fingerprint density at radius 1 is 1.41 bits per heavy atom. The average Bonchev–Trinajstić information content (AvgIpc) is 2.61. The average molecular weight is 234 g/mol. The van der Waals surface area contributed by atoms with E-state index in [1.165, 1.54) is 19.3 Å². The van der Waals surface area contributed by atoms with E-state index >= 15 is 0 Å². The molecular weight excluding hydrogens is 208 g/mol. The molecule has 1 N–H and O–H groups in total. The Bertz CT molecular complexity index is 328. The summed E-state index contributed by atoms with van der Waals surface area (Å²) in [7, 11) is 0. The Balaban J connectivity index is 2.08. The van der Waals surface area contributed by atoms with Gasteiger partial charge < -0.3 is 5.32 Å². The number of hydrogen-bond acceptors (Lipinski definition) is 2. The highest BCUT2D eigenvalue weighted by Gasteiger charge is 2.61. The molecule has 0 amide bonds. The second-order valence-electron chi connectivity index (χ2n) is 6.80. The summed E-state index contributed by atoms with van der Waals surface area (Å²) >= 11 is 0. The minimum absolute atomic E-state index is 0.386. The van der Waals surface area contributed by atoms with Crippen molar-refractivity contribution in [3.8, 4) is 6.07 Å². The second-order valence-corrected chi connectivity index (χ2v) is 6.80. The predicted octanol–water partition coefficient (Wildman–Crippen LogP) is 3.48. The van der Waals surface area contributed by atoms with Crippen LogP contribution in [0.5, 0.6) is 0 Å². The van der Waals surface area contributed by atoms with Crippen LogP contribution >= 0.6 is 0 Å². The third-order valence-corrected chi connectivity index (χ3v) is 6.06. The number of nitrogens with one attached hydrogen (secondary N) is 1. The molecule has 0 heterocycles. The lowest BCUT2D eigenvalue weighted by molar-refractivity contribution is 0.115. The molecule has 0 saturated heterocycles. The van der Waals surface area contributed by atoms with Crippen LogP contribution in [0.1, 0.15) is 59.8 Å². The van der Waals surface area contributed by atoms with Gasteiger partial charge in [-0.1, -0.05) is 27.7 Å². The molecule has 2 aliphatic carbocycles. The summed E-state index contributed by atoms with van der Waals surface area (Å²) in [5.74, 6) is 0.879. The normalized spacial score (nSPS) is 40.2. The molecule has 2 saturated carbocycles. The zero-order chi connectivity index (χ0) is 12.7. The van der Waals surface area contributed by atoms with E-state index in [0.29, 0.717) is 29.3 Å². The summed E-state index contributed by atoms with van der Waals surface area (Å²) in [5.41, 5.74) is 0.899. The van der Waals surface area contributed by atoms with Gasteiger partial charge in [0, 0.05) is 12.1 Å². The first-order valence-electron chi connectivity index (χ1n) is 7.08. The van der Waals surface area contributed by atoms with E-state index in [9.17, 15) is 0 Å². The van der Waals surface area contributed by atoms with Gasteiger partial charge in [0.1, 0.15) is 0 Å². The fourth-order valence-corrected chi connectivity index (χ4v) is 4.17. The van der Waals surface area contributed by atoms with Crippen LogP contribution in [0.25, 0.3) is 0 Å². The molecule has 0 aromatic rings. The SMILES string of the molecule is CCC(CC#N)NC1CC2CCC1(C)C2(C)C. The summed E-state index contributed by atoms with van der Waals surface area (Å²) in [6, 6.07) is 3.31.